The summed E-state index contributed by atoms with van der Waals surface area (Å²) in [6, 6.07) is 0. The lowest BCUT2D eigenvalue weighted by Gasteiger charge is -2.19. The molecular formula is C10H18N4O2S. The van der Waals surface area contributed by atoms with Crippen LogP contribution in [0.2, 0.25) is 0 Å². The molecule has 0 aromatic carbocycles. The van der Waals surface area contributed by atoms with E-state index in [9.17, 15) is 8.42 Å². The normalized spacial score (nSPS) is 16.2. The Morgan fingerprint density at radius 3 is 2.94 bits per heavy atom. The highest BCUT2D eigenvalue weighted by atomic mass is 32.2. The van der Waals surface area contributed by atoms with E-state index in [0.717, 1.165) is 25.2 Å². The Balaban J connectivity index is 2.21. The average Bonchev–Trinajstić information content (AvgIpc) is 2.73. The third-order valence-corrected chi connectivity index (χ3v) is 4.08. The Hall–Kier alpha value is -0.920. The first-order chi connectivity index (χ1) is 7.80. The monoisotopic (exact) mass is 258 g/mol. The quantitative estimate of drug-likeness (QED) is 0.785. The smallest absolute Gasteiger partial charge is 0.257 e. The van der Waals surface area contributed by atoms with Gasteiger partial charge in [-0.2, -0.15) is 0 Å². The summed E-state index contributed by atoms with van der Waals surface area (Å²) in [5.41, 5.74) is 5.19. The maximum atomic E-state index is 12.1. The van der Waals surface area contributed by atoms with Crippen molar-refractivity contribution in [3.8, 4) is 0 Å². The Bertz CT molecular complexity index is 513. The van der Waals surface area contributed by atoms with Gasteiger partial charge in [0.1, 0.15) is 5.82 Å². The minimum absolute atomic E-state index is 0.204. The van der Waals surface area contributed by atoms with E-state index in [-0.39, 0.29) is 11.6 Å². The second-order valence-corrected chi connectivity index (χ2v) is 6.79. The lowest BCUT2D eigenvalue weighted by Crippen LogP contribution is -2.45. The van der Waals surface area contributed by atoms with Crippen LogP contribution in [0.1, 0.15) is 26.1 Å². The van der Waals surface area contributed by atoms with Crippen LogP contribution in [0.4, 0.5) is 0 Å². The number of aryl methyl sites for hydroxylation is 1. The van der Waals surface area contributed by atoms with E-state index < -0.39 is 15.6 Å². The summed E-state index contributed by atoms with van der Waals surface area (Å²) in [7, 11) is -3.50. The molecule has 6 nitrogen and oxygen atoms in total. The Morgan fingerprint density at radius 1 is 1.59 bits per heavy atom. The van der Waals surface area contributed by atoms with Gasteiger partial charge in [-0.15, -0.1) is 0 Å². The fraction of sp³-hybridized carbons (Fsp3) is 0.700. The van der Waals surface area contributed by atoms with Crippen LogP contribution in [0, 0.1) is 0 Å². The minimum Gasteiger partial charge on any atom is -0.324 e. The molecule has 1 aromatic rings. The predicted octanol–water partition coefficient (Wildman–Crippen LogP) is -0.155. The molecule has 1 aliphatic heterocycles. The van der Waals surface area contributed by atoms with Crippen molar-refractivity contribution in [1.29, 1.82) is 0 Å². The molecule has 0 unspecified atom stereocenters. The van der Waals surface area contributed by atoms with Crippen molar-refractivity contribution in [1.82, 2.24) is 14.3 Å². The van der Waals surface area contributed by atoms with Crippen LogP contribution in [0.25, 0.3) is 0 Å². The van der Waals surface area contributed by atoms with Crippen LogP contribution in [0.5, 0.6) is 0 Å². The molecule has 96 valence electrons. The van der Waals surface area contributed by atoms with Crippen LogP contribution in [0.3, 0.4) is 0 Å². The molecule has 2 rings (SSSR count). The van der Waals surface area contributed by atoms with Crippen molar-refractivity contribution in [3.63, 3.8) is 0 Å². The third kappa shape index (κ3) is 2.67. The fourth-order valence-corrected chi connectivity index (χ4v) is 3.19. The highest BCUT2D eigenvalue weighted by Gasteiger charge is 2.26. The van der Waals surface area contributed by atoms with E-state index in [0.29, 0.717) is 0 Å². The fourth-order valence-electron chi connectivity index (χ4n) is 1.80. The molecule has 0 bridgehead atoms. The molecule has 0 aliphatic carbocycles. The Labute approximate surface area is 101 Å². The van der Waals surface area contributed by atoms with Crippen LogP contribution in [0.15, 0.2) is 11.2 Å². The van der Waals surface area contributed by atoms with E-state index >= 15 is 0 Å². The van der Waals surface area contributed by atoms with Gasteiger partial charge >= 0.3 is 0 Å². The van der Waals surface area contributed by atoms with Gasteiger partial charge in [0.2, 0.25) is 0 Å². The number of nitrogens with two attached hydrogens (primary N) is 1. The topological polar surface area (TPSA) is 90.0 Å². The molecular weight excluding hydrogens is 240 g/mol. The van der Waals surface area contributed by atoms with Gasteiger partial charge in [-0.3, -0.25) is 0 Å². The first-order valence-corrected chi connectivity index (χ1v) is 7.11. The van der Waals surface area contributed by atoms with Gasteiger partial charge in [-0.1, -0.05) is 0 Å². The van der Waals surface area contributed by atoms with Crippen molar-refractivity contribution in [2.75, 3.05) is 6.54 Å². The molecule has 17 heavy (non-hydrogen) atoms. The minimum atomic E-state index is -3.50. The van der Waals surface area contributed by atoms with Gasteiger partial charge in [-0.25, -0.2) is 18.1 Å². The van der Waals surface area contributed by atoms with Crippen LogP contribution in [-0.4, -0.2) is 30.1 Å². The predicted molar refractivity (Wildman–Crippen MR) is 64.0 cm³/mol. The highest BCUT2D eigenvalue weighted by molar-refractivity contribution is 7.89. The molecule has 0 saturated carbocycles. The van der Waals surface area contributed by atoms with E-state index in [1.165, 1.54) is 6.20 Å². The molecule has 2 heterocycles. The lowest BCUT2D eigenvalue weighted by atomic mass is 10.1. The Morgan fingerprint density at radius 2 is 2.29 bits per heavy atom. The van der Waals surface area contributed by atoms with Crippen LogP contribution in [-0.2, 0) is 23.0 Å². The number of sulfonamides is 1. The molecule has 7 heteroatoms. The zero-order valence-corrected chi connectivity index (χ0v) is 10.9. The molecule has 0 saturated heterocycles. The van der Waals surface area contributed by atoms with Crippen molar-refractivity contribution in [2.24, 2.45) is 5.73 Å². The summed E-state index contributed by atoms with van der Waals surface area (Å²) in [5, 5.41) is 0.245. The van der Waals surface area contributed by atoms with Gasteiger partial charge in [0.05, 0.1) is 6.20 Å². The largest absolute Gasteiger partial charge is 0.324 e. The summed E-state index contributed by atoms with van der Waals surface area (Å²) in [5.74, 6) is 0.845. The van der Waals surface area contributed by atoms with E-state index in [1.807, 2.05) is 0 Å². The van der Waals surface area contributed by atoms with E-state index in [2.05, 4.69) is 9.71 Å². The van der Waals surface area contributed by atoms with Gasteiger partial charge < -0.3 is 10.3 Å². The second-order valence-electron chi connectivity index (χ2n) is 5.08. The number of hydrogen-bond acceptors (Lipinski definition) is 4. The number of fused-ring (bicyclic) bond motifs is 1. The SMILES string of the molecule is CC(C)(N)CNS(=O)(=O)c1cnc2n1CCC2. The Kier molecular flexibility index (Phi) is 3.01. The number of nitrogens with zero attached hydrogens (tertiary/aromatic N) is 2. The molecule has 0 amide bonds. The van der Waals surface area contributed by atoms with E-state index in [4.69, 9.17) is 5.73 Å². The molecule has 1 aliphatic rings. The zero-order chi connectivity index (χ0) is 12.7. The highest BCUT2D eigenvalue weighted by Crippen LogP contribution is 2.19. The summed E-state index contributed by atoms with van der Waals surface area (Å²) in [6.45, 7) is 4.47. The molecule has 0 atom stereocenters. The standard InChI is InChI=1S/C10H18N4O2S/c1-10(2,11)7-13-17(15,16)9-6-12-8-4-3-5-14(8)9/h6,13H,3-5,7,11H2,1-2H3. The maximum Gasteiger partial charge on any atom is 0.257 e. The molecule has 0 fully saturated rings. The zero-order valence-electron chi connectivity index (χ0n) is 10.1. The van der Waals surface area contributed by atoms with Gasteiger partial charge in [0, 0.05) is 25.0 Å². The van der Waals surface area contributed by atoms with Gasteiger partial charge in [0.15, 0.2) is 5.03 Å². The maximum absolute atomic E-state index is 12.1. The van der Waals surface area contributed by atoms with Gasteiger partial charge in [0.25, 0.3) is 10.0 Å². The molecule has 1 aromatic heterocycles. The van der Waals surface area contributed by atoms with E-state index in [1.54, 1.807) is 18.4 Å². The van der Waals surface area contributed by atoms with Crippen LogP contribution < -0.4 is 10.5 Å². The van der Waals surface area contributed by atoms with Crippen molar-refractivity contribution in [3.05, 3.63) is 12.0 Å². The molecule has 0 radical (unpaired) electrons. The van der Waals surface area contributed by atoms with Crippen molar-refractivity contribution >= 4 is 10.0 Å². The number of imidazole rings is 1. The first-order valence-electron chi connectivity index (χ1n) is 5.62. The summed E-state index contributed by atoms with van der Waals surface area (Å²) in [4.78, 5) is 4.12. The third-order valence-electron chi connectivity index (χ3n) is 2.68. The van der Waals surface area contributed by atoms with Crippen molar-refractivity contribution in [2.45, 2.75) is 43.8 Å². The second kappa shape index (κ2) is 4.08. The number of aromatic nitrogens is 2. The number of hydrogen-bond donors (Lipinski definition) is 2. The number of rotatable bonds is 4. The van der Waals surface area contributed by atoms with Crippen molar-refractivity contribution < 1.29 is 8.42 Å². The number of nitrogens with one attached hydrogen (secondary N) is 1. The summed E-state index contributed by atoms with van der Waals surface area (Å²) in [6.07, 6.45) is 3.21. The summed E-state index contributed by atoms with van der Waals surface area (Å²) < 4.78 is 28.4. The van der Waals surface area contributed by atoms with Gasteiger partial charge in [-0.05, 0) is 20.3 Å². The first kappa shape index (κ1) is 12.5. The molecule has 0 spiro atoms. The molecule has 3 N–H and O–H groups in total. The van der Waals surface area contributed by atoms with Crippen LogP contribution >= 0.6 is 0 Å². The summed E-state index contributed by atoms with van der Waals surface area (Å²) >= 11 is 0. The lowest BCUT2D eigenvalue weighted by molar-refractivity contribution is 0.494. The average molecular weight is 258 g/mol.